The van der Waals surface area contributed by atoms with Gasteiger partial charge in [-0.15, -0.1) is 26.3 Å². The second-order valence-electron chi connectivity index (χ2n) is 8.32. The maximum atomic E-state index is 12.9. The molecule has 0 radical (unpaired) electrons. The fourth-order valence-electron chi connectivity index (χ4n) is 3.84. The van der Waals surface area contributed by atoms with Gasteiger partial charge in [-0.2, -0.15) is 18.2 Å². The third kappa shape index (κ3) is 9.02. The normalized spacial score (nSPS) is 13.8. The summed E-state index contributed by atoms with van der Waals surface area (Å²) < 4.78 is 129. The van der Waals surface area contributed by atoms with Gasteiger partial charge < -0.3 is 24.4 Å². The summed E-state index contributed by atoms with van der Waals surface area (Å²) in [5.41, 5.74) is -2.12. The SMILES string of the molecule is Cc1nc(CC(NCC(O)CC(F)(F)F)(c2cccc(OC(F)(F)F)c2)c2cccc(OC(F)(F)F)c2)no1. The zero-order valence-corrected chi connectivity index (χ0v) is 19.8. The number of aliphatic hydroxyl groups is 1. The average molecular weight is 573 g/mol. The molecule has 39 heavy (non-hydrogen) atoms. The van der Waals surface area contributed by atoms with Crippen LogP contribution < -0.4 is 14.8 Å². The molecule has 0 saturated carbocycles. The summed E-state index contributed by atoms with van der Waals surface area (Å²) in [6, 6.07) is 8.46. The van der Waals surface area contributed by atoms with Crippen molar-refractivity contribution in [2.24, 2.45) is 0 Å². The molecule has 1 unspecified atom stereocenters. The zero-order valence-electron chi connectivity index (χ0n) is 19.8. The van der Waals surface area contributed by atoms with Crippen molar-refractivity contribution in [2.45, 2.75) is 50.3 Å². The van der Waals surface area contributed by atoms with Gasteiger partial charge in [0.15, 0.2) is 5.82 Å². The summed E-state index contributed by atoms with van der Waals surface area (Å²) in [5.74, 6) is -1.50. The summed E-state index contributed by atoms with van der Waals surface area (Å²) in [6.45, 7) is 0.610. The van der Waals surface area contributed by atoms with Gasteiger partial charge in [-0.05, 0) is 35.4 Å². The number of hydrogen-bond donors (Lipinski definition) is 2. The quantitative estimate of drug-likeness (QED) is 0.307. The standard InChI is InChI=1S/C23H20F9N3O4/c1-13-34-19(35-39-13)11-20(33-12-16(36)10-21(24,25)26,14-4-2-6-17(8-14)37-22(27,28)29)15-5-3-7-18(9-15)38-23(30,31)32/h2-9,16,33,36H,10-12H2,1H3. The molecule has 1 heterocycles. The lowest BCUT2D eigenvalue weighted by Crippen LogP contribution is -2.49. The van der Waals surface area contributed by atoms with Crippen molar-refractivity contribution < 1.29 is 58.6 Å². The number of ether oxygens (including phenoxy) is 2. The monoisotopic (exact) mass is 573 g/mol. The Kier molecular flexibility index (Phi) is 8.69. The van der Waals surface area contributed by atoms with E-state index in [0.717, 1.165) is 36.4 Å². The number of aliphatic hydroxyl groups excluding tert-OH is 1. The number of rotatable bonds is 10. The van der Waals surface area contributed by atoms with Crippen LogP contribution in [0.25, 0.3) is 0 Å². The van der Waals surface area contributed by atoms with E-state index in [0.29, 0.717) is 0 Å². The first-order valence-corrected chi connectivity index (χ1v) is 11.0. The molecule has 0 aliphatic rings. The lowest BCUT2D eigenvalue weighted by atomic mass is 9.79. The highest BCUT2D eigenvalue weighted by Crippen LogP contribution is 2.38. The largest absolute Gasteiger partial charge is 0.573 e. The number of nitrogens with zero attached hydrogens (tertiary/aromatic N) is 2. The van der Waals surface area contributed by atoms with E-state index in [4.69, 9.17) is 4.52 Å². The summed E-state index contributed by atoms with van der Waals surface area (Å²) in [6.07, 6.45) is -19.1. The molecular weight excluding hydrogens is 553 g/mol. The van der Waals surface area contributed by atoms with Gasteiger partial charge in [0.25, 0.3) is 0 Å². The van der Waals surface area contributed by atoms with Crippen LogP contribution in [0.5, 0.6) is 11.5 Å². The minimum absolute atomic E-state index is 0.0549. The molecular formula is C23H20F9N3O4. The van der Waals surface area contributed by atoms with Crippen LogP contribution in [0.1, 0.15) is 29.3 Å². The van der Waals surface area contributed by atoms with Crippen molar-refractivity contribution in [2.75, 3.05) is 6.54 Å². The number of aryl methyl sites for hydroxylation is 1. The average Bonchev–Trinajstić information content (AvgIpc) is 3.18. The van der Waals surface area contributed by atoms with Crippen molar-refractivity contribution in [3.63, 3.8) is 0 Å². The molecule has 1 aromatic heterocycles. The van der Waals surface area contributed by atoms with Gasteiger partial charge in [-0.3, -0.25) is 0 Å². The molecule has 3 rings (SSSR count). The summed E-state index contributed by atoms with van der Waals surface area (Å²) in [5, 5.41) is 16.4. The first-order valence-electron chi connectivity index (χ1n) is 11.0. The first-order chi connectivity index (χ1) is 17.9. The molecule has 7 nitrogen and oxygen atoms in total. The Morgan fingerprint density at radius 3 is 1.79 bits per heavy atom. The lowest BCUT2D eigenvalue weighted by Gasteiger charge is -2.37. The number of alkyl halides is 9. The van der Waals surface area contributed by atoms with Crippen molar-refractivity contribution >= 4 is 0 Å². The maximum absolute atomic E-state index is 12.9. The minimum atomic E-state index is -5.11. The van der Waals surface area contributed by atoms with Crippen LogP contribution in [-0.2, 0) is 12.0 Å². The number of nitrogens with one attached hydrogen (secondary N) is 1. The molecule has 16 heteroatoms. The van der Waals surface area contributed by atoms with Crippen molar-refractivity contribution in [1.29, 1.82) is 0 Å². The van der Waals surface area contributed by atoms with Gasteiger partial charge in [-0.25, -0.2) is 0 Å². The van der Waals surface area contributed by atoms with Crippen molar-refractivity contribution in [3.05, 3.63) is 71.4 Å². The summed E-state index contributed by atoms with van der Waals surface area (Å²) >= 11 is 0. The van der Waals surface area contributed by atoms with E-state index in [9.17, 15) is 44.6 Å². The second kappa shape index (κ2) is 11.3. The molecule has 0 aliphatic carbocycles. The van der Waals surface area contributed by atoms with Gasteiger partial charge in [0.2, 0.25) is 5.89 Å². The maximum Gasteiger partial charge on any atom is 0.573 e. The highest BCUT2D eigenvalue weighted by Gasteiger charge is 2.40. The molecule has 0 spiro atoms. The summed E-state index contributed by atoms with van der Waals surface area (Å²) in [4.78, 5) is 4.01. The van der Waals surface area contributed by atoms with Gasteiger partial charge in [0.05, 0.1) is 18.1 Å². The molecule has 1 atom stereocenters. The first kappa shape index (κ1) is 30.0. The van der Waals surface area contributed by atoms with Gasteiger partial charge in [0.1, 0.15) is 11.5 Å². The van der Waals surface area contributed by atoms with E-state index in [1.807, 2.05) is 0 Å². The molecule has 0 aliphatic heterocycles. The van der Waals surface area contributed by atoms with Crippen LogP contribution in [0.3, 0.4) is 0 Å². The Bertz CT molecular complexity index is 1180. The molecule has 2 aromatic carbocycles. The van der Waals surface area contributed by atoms with Gasteiger partial charge in [-0.1, -0.05) is 29.4 Å². The van der Waals surface area contributed by atoms with E-state index in [1.165, 1.54) is 19.1 Å². The molecule has 0 bridgehead atoms. The van der Waals surface area contributed by atoms with Crippen LogP contribution in [-0.4, -0.2) is 46.8 Å². The Labute approximate surface area is 214 Å². The molecule has 0 amide bonds. The number of hydrogen-bond acceptors (Lipinski definition) is 7. The molecule has 0 saturated heterocycles. The van der Waals surface area contributed by atoms with Gasteiger partial charge >= 0.3 is 18.9 Å². The molecule has 0 fully saturated rings. The Morgan fingerprint density at radius 2 is 1.38 bits per heavy atom. The zero-order chi connectivity index (χ0) is 29.1. The van der Waals surface area contributed by atoms with Crippen LogP contribution in [0.2, 0.25) is 0 Å². The van der Waals surface area contributed by atoms with Gasteiger partial charge in [0, 0.05) is 19.9 Å². The smallest absolute Gasteiger partial charge is 0.406 e. The number of halogens is 9. The van der Waals surface area contributed by atoms with Crippen LogP contribution in [0.4, 0.5) is 39.5 Å². The minimum Gasteiger partial charge on any atom is -0.406 e. The van der Waals surface area contributed by atoms with E-state index < -0.39 is 61.4 Å². The highest BCUT2D eigenvalue weighted by molar-refractivity contribution is 5.45. The topological polar surface area (TPSA) is 89.6 Å². The summed E-state index contributed by atoms with van der Waals surface area (Å²) in [7, 11) is 0. The van der Waals surface area contributed by atoms with Crippen LogP contribution in [0.15, 0.2) is 53.1 Å². The third-order valence-electron chi connectivity index (χ3n) is 5.22. The van der Waals surface area contributed by atoms with E-state index in [-0.39, 0.29) is 22.8 Å². The fraction of sp³-hybridized carbons (Fsp3) is 0.391. The number of aromatic nitrogens is 2. The lowest BCUT2D eigenvalue weighted by molar-refractivity contribution is -0.275. The Morgan fingerprint density at radius 1 is 0.872 bits per heavy atom. The second-order valence-corrected chi connectivity index (χ2v) is 8.32. The van der Waals surface area contributed by atoms with E-state index >= 15 is 0 Å². The van der Waals surface area contributed by atoms with Crippen LogP contribution in [0, 0.1) is 6.92 Å². The van der Waals surface area contributed by atoms with E-state index in [1.54, 1.807) is 0 Å². The third-order valence-corrected chi connectivity index (χ3v) is 5.22. The van der Waals surface area contributed by atoms with Crippen molar-refractivity contribution in [3.8, 4) is 11.5 Å². The number of benzene rings is 2. The van der Waals surface area contributed by atoms with Crippen LogP contribution >= 0.6 is 0 Å². The predicted octanol–water partition coefficient (Wildman–Crippen LogP) is 5.56. The molecule has 214 valence electrons. The molecule has 2 N–H and O–H groups in total. The van der Waals surface area contributed by atoms with Crippen molar-refractivity contribution in [1.82, 2.24) is 15.5 Å². The van der Waals surface area contributed by atoms with E-state index in [2.05, 4.69) is 24.9 Å². The highest BCUT2D eigenvalue weighted by atomic mass is 19.4. The fourth-order valence-corrected chi connectivity index (χ4v) is 3.84. The molecule has 3 aromatic rings. The predicted molar refractivity (Wildman–Crippen MR) is 114 cm³/mol. The Hall–Kier alpha value is -3.53. The Balaban J connectivity index is 2.19.